The first-order valence-corrected chi connectivity index (χ1v) is 7.93. The summed E-state index contributed by atoms with van der Waals surface area (Å²) in [6, 6.07) is 12.9. The number of Topliss-reactive ketones (excluding diaryl/α,β-unsaturated/α-hetero) is 1. The van der Waals surface area contributed by atoms with Gasteiger partial charge in [-0.05, 0) is 36.8 Å². The summed E-state index contributed by atoms with van der Waals surface area (Å²) in [4.78, 5) is 24.0. The molecule has 1 atom stereocenters. The Balaban J connectivity index is 1.45. The Hall–Kier alpha value is -2.69. The molecule has 1 heterocycles. The fourth-order valence-corrected chi connectivity index (χ4v) is 2.74. The van der Waals surface area contributed by atoms with E-state index in [1.54, 1.807) is 0 Å². The van der Waals surface area contributed by atoms with Gasteiger partial charge in [0.05, 0.1) is 6.04 Å². The van der Waals surface area contributed by atoms with Crippen LogP contribution in [0, 0.1) is 5.82 Å². The molecule has 0 unspecified atom stereocenters. The lowest BCUT2D eigenvalue weighted by atomic mass is 10.0. The number of halogens is 1. The molecule has 124 valence electrons. The van der Waals surface area contributed by atoms with E-state index in [2.05, 4.69) is 5.32 Å². The Kier molecular flexibility index (Phi) is 4.89. The average molecular weight is 327 g/mol. The van der Waals surface area contributed by atoms with Gasteiger partial charge in [0.2, 0.25) is 5.91 Å². The Bertz CT molecular complexity index is 743. The first-order chi connectivity index (χ1) is 11.6. The Morgan fingerprint density at radius 3 is 2.62 bits per heavy atom. The molecule has 1 N–H and O–H groups in total. The molecule has 2 aromatic rings. The van der Waals surface area contributed by atoms with E-state index in [0.29, 0.717) is 18.6 Å². The summed E-state index contributed by atoms with van der Waals surface area (Å²) in [5, 5.41) is 2.93. The minimum Gasteiger partial charge on any atom is -0.491 e. The van der Waals surface area contributed by atoms with Crippen LogP contribution in [0.3, 0.4) is 0 Å². The lowest BCUT2D eigenvalue weighted by molar-refractivity contribution is -0.122. The number of ether oxygens (including phenoxy) is 1. The quantitative estimate of drug-likeness (QED) is 0.827. The molecule has 0 spiro atoms. The molecule has 0 bridgehead atoms. The number of nitrogens with one attached hydrogen (secondary N) is 1. The predicted molar refractivity (Wildman–Crippen MR) is 87.4 cm³/mol. The SMILES string of the molecule is O=C(CCCC(=O)c1ccc(F)cc1)N[C@H]1COc2ccccc21. The number of hydrogen-bond acceptors (Lipinski definition) is 3. The molecule has 1 aliphatic rings. The van der Waals surface area contributed by atoms with Crippen LogP contribution in [-0.4, -0.2) is 18.3 Å². The molecule has 0 saturated heterocycles. The molecule has 0 aliphatic carbocycles. The van der Waals surface area contributed by atoms with Gasteiger partial charge in [-0.1, -0.05) is 18.2 Å². The summed E-state index contributed by atoms with van der Waals surface area (Å²) in [5.41, 5.74) is 1.45. The molecule has 1 amide bonds. The van der Waals surface area contributed by atoms with Crippen LogP contribution in [-0.2, 0) is 4.79 Å². The molecular formula is C19H18FNO3. The van der Waals surface area contributed by atoms with Crippen LogP contribution in [0.4, 0.5) is 4.39 Å². The van der Waals surface area contributed by atoms with E-state index in [4.69, 9.17) is 4.74 Å². The maximum Gasteiger partial charge on any atom is 0.220 e. The molecule has 2 aromatic carbocycles. The van der Waals surface area contributed by atoms with Crippen molar-refractivity contribution in [2.45, 2.75) is 25.3 Å². The maximum absolute atomic E-state index is 12.8. The molecule has 0 fully saturated rings. The van der Waals surface area contributed by atoms with Gasteiger partial charge in [0.1, 0.15) is 18.2 Å². The highest BCUT2D eigenvalue weighted by Crippen LogP contribution is 2.31. The number of benzene rings is 2. The average Bonchev–Trinajstić information content (AvgIpc) is 2.98. The second kappa shape index (κ2) is 7.25. The van der Waals surface area contributed by atoms with Crippen molar-refractivity contribution in [2.24, 2.45) is 0 Å². The minimum atomic E-state index is -0.370. The number of carbonyl (C=O) groups is 2. The first-order valence-electron chi connectivity index (χ1n) is 7.93. The summed E-state index contributed by atoms with van der Waals surface area (Å²) >= 11 is 0. The summed E-state index contributed by atoms with van der Waals surface area (Å²) in [7, 11) is 0. The molecule has 24 heavy (non-hydrogen) atoms. The predicted octanol–water partition coefficient (Wildman–Crippen LogP) is 3.43. The number of amides is 1. The summed E-state index contributed by atoms with van der Waals surface area (Å²) in [5.74, 6) is 0.240. The van der Waals surface area contributed by atoms with Crippen molar-refractivity contribution < 1.29 is 18.7 Å². The van der Waals surface area contributed by atoms with Gasteiger partial charge in [-0.3, -0.25) is 9.59 Å². The molecular weight excluding hydrogens is 309 g/mol. The summed E-state index contributed by atoms with van der Waals surface area (Å²) in [6.07, 6.45) is 0.986. The van der Waals surface area contributed by atoms with E-state index in [1.165, 1.54) is 24.3 Å². The first kappa shape index (κ1) is 16.2. The number of carbonyl (C=O) groups excluding carboxylic acids is 2. The van der Waals surface area contributed by atoms with Gasteiger partial charge in [0.15, 0.2) is 5.78 Å². The van der Waals surface area contributed by atoms with Crippen molar-refractivity contribution in [1.82, 2.24) is 5.32 Å². The number of fused-ring (bicyclic) bond motifs is 1. The standard InChI is InChI=1S/C19H18FNO3/c20-14-10-8-13(9-11-14)17(22)5-3-7-19(23)21-16-12-24-18-6-2-1-4-15(16)18/h1-2,4,6,8-11,16H,3,5,7,12H2,(H,21,23)/t16-/m0/s1. The highest BCUT2D eigenvalue weighted by molar-refractivity contribution is 5.96. The van der Waals surface area contributed by atoms with Gasteiger partial charge in [-0.15, -0.1) is 0 Å². The van der Waals surface area contributed by atoms with Crippen LogP contribution >= 0.6 is 0 Å². The fourth-order valence-electron chi connectivity index (χ4n) is 2.74. The van der Waals surface area contributed by atoms with Gasteiger partial charge in [0.25, 0.3) is 0 Å². The van der Waals surface area contributed by atoms with Crippen LogP contribution in [0.2, 0.25) is 0 Å². The van der Waals surface area contributed by atoms with Gasteiger partial charge in [-0.25, -0.2) is 4.39 Å². The normalized spacial score (nSPS) is 15.5. The zero-order valence-electron chi connectivity index (χ0n) is 13.1. The number of hydrogen-bond donors (Lipinski definition) is 1. The van der Waals surface area contributed by atoms with Crippen LogP contribution in [0.15, 0.2) is 48.5 Å². The molecule has 0 saturated carbocycles. The van der Waals surface area contributed by atoms with Crippen molar-refractivity contribution in [3.05, 3.63) is 65.5 Å². The van der Waals surface area contributed by atoms with Gasteiger partial charge < -0.3 is 10.1 Å². The Morgan fingerprint density at radius 1 is 1.08 bits per heavy atom. The summed E-state index contributed by atoms with van der Waals surface area (Å²) in [6.45, 7) is 0.430. The maximum atomic E-state index is 12.8. The molecule has 5 heteroatoms. The second-order valence-electron chi connectivity index (χ2n) is 5.75. The van der Waals surface area contributed by atoms with Crippen molar-refractivity contribution >= 4 is 11.7 Å². The second-order valence-corrected chi connectivity index (χ2v) is 5.75. The number of ketones is 1. The van der Waals surface area contributed by atoms with Gasteiger partial charge in [0, 0.05) is 24.0 Å². The lowest BCUT2D eigenvalue weighted by Gasteiger charge is -2.11. The number of rotatable bonds is 6. The van der Waals surface area contributed by atoms with Crippen LogP contribution in [0.1, 0.15) is 41.2 Å². The van der Waals surface area contributed by atoms with E-state index in [-0.39, 0.29) is 36.4 Å². The van der Waals surface area contributed by atoms with E-state index < -0.39 is 0 Å². The van der Waals surface area contributed by atoms with Crippen molar-refractivity contribution in [3.63, 3.8) is 0 Å². The molecule has 4 nitrogen and oxygen atoms in total. The summed E-state index contributed by atoms with van der Waals surface area (Å²) < 4.78 is 18.4. The third kappa shape index (κ3) is 3.79. The van der Waals surface area contributed by atoms with Gasteiger partial charge >= 0.3 is 0 Å². The highest BCUT2D eigenvalue weighted by atomic mass is 19.1. The highest BCUT2D eigenvalue weighted by Gasteiger charge is 2.24. The van der Waals surface area contributed by atoms with Gasteiger partial charge in [-0.2, -0.15) is 0 Å². The van der Waals surface area contributed by atoms with E-state index in [1.807, 2.05) is 24.3 Å². The van der Waals surface area contributed by atoms with Crippen LogP contribution < -0.4 is 10.1 Å². The zero-order chi connectivity index (χ0) is 16.9. The van der Waals surface area contributed by atoms with E-state index in [0.717, 1.165) is 11.3 Å². The van der Waals surface area contributed by atoms with Crippen LogP contribution in [0.25, 0.3) is 0 Å². The third-order valence-corrected chi connectivity index (χ3v) is 4.01. The topological polar surface area (TPSA) is 55.4 Å². The van der Waals surface area contributed by atoms with E-state index in [9.17, 15) is 14.0 Å². The van der Waals surface area contributed by atoms with Crippen molar-refractivity contribution in [3.8, 4) is 5.75 Å². The van der Waals surface area contributed by atoms with E-state index >= 15 is 0 Å². The smallest absolute Gasteiger partial charge is 0.220 e. The number of para-hydroxylation sites is 1. The largest absolute Gasteiger partial charge is 0.491 e. The molecule has 1 aliphatic heterocycles. The Morgan fingerprint density at radius 2 is 1.83 bits per heavy atom. The van der Waals surface area contributed by atoms with Crippen molar-refractivity contribution in [2.75, 3.05) is 6.61 Å². The van der Waals surface area contributed by atoms with Crippen LogP contribution in [0.5, 0.6) is 5.75 Å². The lowest BCUT2D eigenvalue weighted by Crippen LogP contribution is -2.29. The molecule has 0 aromatic heterocycles. The fraction of sp³-hybridized carbons (Fsp3) is 0.263. The Labute approximate surface area is 139 Å². The molecule has 0 radical (unpaired) electrons. The minimum absolute atomic E-state index is 0.0858. The van der Waals surface area contributed by atoms with Crippen molar-refractivity contribution in [1.29, 1.82) is 0 Å². The monoisotopic (exact) mass is 327 g/mol. The molecule has 3 rings (SSSR count). The third-order valence-electron chi connectivity index (χ3n) is 4.01. The zero-order valence-corrected chi connectivity index (χ0v) is 13.1.